The van der Waals surface area contributed by atoms with Crippen molar-refractivity contribution in [2.75, 3.05) is 13.7 Å². The second kappa shape index (κ2) is 9.38. The van der Waals surface area contributed by atoms with Crippen LogP contribution in [0, 0.1) is 0 Å². The number of carbonyl (C=O) groups is 1. The van der Waals surface area contributed by atoms with Gasteiger partial charge in [0.2, 0.25) is 5.82 Å². The van der Waals surface area contributed by atoms with Crippen LogP contribution in [0.25, 0.3) is 11.0 Å². The highest BCUT2D eigenvalue weighted by atomic mass is 16.5. The van der Waals surface area contributed by atoms with E-state index >= 15 is 0 Å². The Kier molecular flexibility index (Phi) is 6.17. The van der Waals surface area contributed by atoms with Gasteiger partial charge in [-0.1, -0.05) is 0 Å². The van der Waals surface area contributed by atoms with Crippen LogP contribution < -0.4 is 10.1 Å². The van der Waals surface area contributed by atoms with Crippen molar-refractivity contribution >= 4 is 16.9 Å². The molecule has 1 atom stereocenters. The van der Waals surface area contributed by atoms with E-state index in [4.69, 9.17) is 9.47 Å². The number of carbonyl (C=O) groups excluding carboxylic acids is 1. The van der Waals surface area contributed by atoms with Crippen LogP contribution in [0.1, 0.15) is 79.4 Å². The lowest BCUT2D eigenvalue weighted by Crippen LogP contribution is -2.29. The summed E-state index contributed by atoms with van der Waals surface area (Å²) in [7, 11) is 1.62. The minimum atomic E-state index is -0.269. The van der Waals surface area contributed by atoms with Gasteiger partial charge >= 0.3 is 6.01 Å². The number of hydrogen-bond donors (Lipinski definition) is 2. The third-order valence-electron chi connectivity index (χ3n) is 6.30. The number of fused-ring (bicyclic) bond motifs is 1. The molecule has 2 aliphatic carbocycles. The zero-order valence-corrected chi connectivity index (χ0v) is 19.0. The van der Waals surface area contributed by atoms with E-state index in [0.29, 0.717) is 18.3 Å². The lowest BCUT2D eigenvalue weighted by Gasteiger charge is -2.27. The van der Waals surface area contributed by atoms with Crippen LogP contribution in [0.4, 0.5) is 0 Å². The van der Waals surface area contributed by atoms with Crippen LogP contribution in [0.2, 0.25) is 0 Å². The average Bonchev–Trinajstić information content (AvgIpc) is 3.54. The minimum Gasteiger partial charge on any atom is -0.458 e. The SMILES string of the molecule is COC[C@@H](C)Oc1nc(C(=O)NC2CC2)nc(C2CCC(c3n[nH]c4ncccc34)CC2)n1. The number of ether oxygens (including phenoxy) is 2. The van der Waals surface area contributed by atoms with E-state index in [0.717, 1.165) is 55.3 Å². The number of nitrogens with one attached hydrogen (secondary N) is 2. The third-order valence-corrected chi connectivity index (χ3v) is 6.30. The fourth-order valence-electron chi connectivity index (χ4n) is 4.45. The van der Waals surface area contributed by atoms with E-state index in [9.17, 15) is 4.79 Å². The number of pyridine rings is 1. The van der Waals surface area contributed by atoms with Gasteiger partial charge in [0.25, 0.3) is 5.91 Å². The zero-order valence-electron chi connectivity index (χ0n) is 19.0. The first-order chi connectivity index (χ1) is 16.1. The largest absolute Gasteiger partial charge is 0.458 e. The Hall–Kier alpha value is -3.14. The van der Waals surface area contributed by atoms with Crippen LogP contribution in [0.5, 0.6) is 6.01 Å². The lowest BCUT2D eigenvalue weighted by atomic mass is 9.79. The summed E-state index contributed by atoms with van der Waals surface area (Å²) in [6.45, 7) is 2.29. The lowest BCUT2D eigenvalue weighted by molar-refractivity contribution is 0.0833. The van der Waals surface area contributed by atoms with Gasteiger partial charge in [-0.05, 0) is 57.6 Å². The molecule has 3 aromatic rings. The molecule has 0 radical (unpaired) electrons. The Morgan fingerprint density at radius 2 is 1.94 bits per heavy atom. The van der Waals surface area contributed by atoms with E-state index in [1.54, 1.807) is 13.3 Å². The highest BCUT2D eigenvalue weighted by Crippen LogP contribution is 2.40. The van der Waals surface area contributed by atoms with E-state index in [2.05, 4.69) is 41.5 Å². The van der Waals surface area contributed by atoms with Crippen molar-refractivity contribution in [2.45, 2.75) is 69.4 Å². The minimum absolute atomic E-state index is 0.123. The summed E-state index contributed by atoms with van der Waals surface area (Å²) in [6.07, 6.45) is 7.27. The molecule has 1 amide bonds. The van der Waals surface area contributed by atoms with Gasteiger partial charge in [-0.25, -0.2) is 9.97 Å². The number of nitrogens with zero attached hydrogens (tertiary/aromatic N) is 5. The average molecular weight is 452 g/mol. The molecule has 3 aromatic heterocycles. The summed E-state index contributed by atoms with van der Waals surface area (Å²) >= 11 is 0. The highest BCUT2D eigenvalue weighted by molar-refractivity contribution is 5.90. The Labute approximate surface area is 191 Å². The predicted octanol–water partition coefficient (Wildman–Crippen LogP) is 2.89. The van der Waals surface area contributed by atoms with Crippen molar-refractivity contribution in [3.05, 3.63) is 35.7 Å². The van der Waals surface area contributed by atoms with Gasteiger partial charge < -0.3 is 14.8 Å². The van der Waals surface area contributed by atoms with Crippen LogP contribution in [-0.4, -0.2) is 61.9 Å². The normalized spacial score (nSPS) is 21.6. The van der Waals surface area contributed by atoms with Gasteiger partial charge in [-0.2, -0.15) is 15.1 Å². The van der Waals surface area contributed by atoms with Crippen LogP contribution >= 0.6 is 0 Å². The third kappa shape index (κ3) is 4.95. The topological polar surface area (TPSA) is 128 Å². The van der Waals surface area contributed by atoms with Crippen LogP contribution in [0.3, 0.4) is 0 Å². The molecule has 33 heavy (non-hydrogen) atoms. The van der Waals surface area contributed by atoms with Crippen molar-refractivity contribution < 1.29 is 14.3 Å². The first kappa shape index (κ1) is 21.7. The first-order valence-corrected chi connectivity index (χ1v) is 11.6. The fraction of sp³-hybridized carbons (Fsp3) is 0.565. The quantitative estimate of drug-likeness (QED) is 0.535. The molecule has 5 rings (SSSR count). The summed E-state index contributed by atoms with van der Waals surface area (Å²) in [5.74, 6) is 0.974. The molecule has 0 aromatic carbocycles. The molecule has 2 fully saturated rings. The van der Waals surface area contributed by atoms with Gasteiger partial charge in [0.05, 0.1) is 12.3 Å². The molecule has 0 spiro atoms. The molecule has 10 nitrogen and oxygen atoms in total. The van der Waals surface area contributed by atoms with Gasteiger partial charge in [0.15, 0.2) is 5.65 Å². The van der Waals surface area contributed by atoms with Crippen LogP contribution in [-0.2, 0) is 4.74 Å². The number of aromatic nitrogens is 6. The maximum Gasteiger partial charge on any atom is 0.320 e. The number of H-pyrrole nitrogens is 1. The molecule has 174 valence electrons. The Morgan fingerprint density at radius 3 is 2.70 bits per heavy atom. The first-order valence-electron chi connectivity index (χ1n) is 11.6. The summed E-state index contributed by atoms with van der Waals surface area (Å²) in [5, 5.41) is 11.6. The highest BCUT2D eigenvalue weighted by Gasteiger charge is 2.30. The van der Waals surface area contributed by atoms with Gasteiger partial charge in [0.1, 0.15) is 11.9 Å². The van der Waals surface area contributed by atoms with Gasteiger partial charge in [0, 0.05) is 36.6 Å². The smallest absolute Gasteiger partial charge is 0.320 e. The monoisotopic (exact) mass is 451 g/mol. The van der Waals surface area contributed by atoms with E-state index < -0.39 is 0 Å². The van der Waals surface area contributed by atoms with E-state index in [1.165, 1.54) is 0 Å². The van der Waals surface area contributed by atoms with Crippen molar-refractivity contribution in [3.8, 4) is 6.01 Å². The molecule has 2 N–H and O–H groups in total. The number of amides is 1. The summed E-state index contributed by atoms with van der Waals surface area (Å²) in [6, 6.07) is 4.41. The maximum absolute atomic E-state index is 12.7. The standard InChI is InChI=1S/C23H29N7O3/c1-13(12-32-2)33-23-27-19(26-21(28-23)22(31)25-16-9-10-16)15-7-5-14(6-8-15)18-17-4-3-11-24-20(17)30-29-18/h3-4,11,13-16H,5-10,12H2,1-2H3,(H,25,31)(H,24,29,30)/t13-,14?,15?/m1/s1. The van der Waals surface area contributed by atoms with Crippen molar-refractivity contribution in [1.29, 1.82) is 0 Å². The van der Waals surface area contributed by atoms with Crippen molar-refractivity contribution in [3.63, 3.8) is 0 Å². The number of aromatic amines is 1. The Balaban J connectivity index is 1.33. The Morgan fingerprint density at radius 1 is 1.15 bits per heavy atom. The molecule has 3 heterocycles. The molecule has 0 saturated heterocycles. The maximum atomic E-state index is 12.7. The Bertz CT molecular complexity index is 1120. The molecule has 0 aliphatic heterocycles. The summed E-state index contributed by atoms with van der Waals surface area (Å²) in [4.78, 5) is 30.4. The van der Waals surface area contributed by atoms with Crippen LogP contribution in [0.15, 0.2) is 18.3 Å². The fourth-order valence-corrected chi connectivity index (χ4v) is 4.45. The summed E-state index contributed by atoms with van der Waals surface area (Å²) in [5.41, 5.74) is 1.90. The second-order valence-electron chi connectivity index (χ2n) is 8.99. The molecule has 10 heteroatoms. The molecule has 2 saturated carbocycles. The number of hydrogen-bond acceptors (Lipinski definition) is 8. The zero-order chi connectivity index (χ0) is 22.8. The molecule has 0 bridgehead atoms. The second-order valence-corrected chi connectivity index (χ2v) is 8.99. The molecule has 0 unspecified atom stereocenters. The molecule has 2 aliphatic rings. The van der Waals surface area contributed by atoms with Gasteiger partial charge in [-0.15, -0.1) is 0 Å². The van der Waals surface area contributed by atoms with Crippen molar-refractivity contribution in [2.24, 2.45) is 0 Å². The molecular weight excluding hydrogens is 422 g/mol. The van der Waals surface area contributed by atoms with E-state index in [-0.39, 0.29) is 35.8 Å². The molecular formula is C23H29N7O3. The number of methoxy groups -OCH3 is 1. The van der Waals surface area contributed by atoms with Crippen molar-refractivity contribution in [1.82, 2.24) is 35.5 Å². The number of rotatable bonds is 8. The van der Waals surface area contributed by atoms with E-state index in [1.807, 2.05) is 13.0 Å². The van der Waals surface area contributed by atoms with Gasteiger partial charge in [-0.3, -0.25) is 9.89 Å². The predicted molar refractivity (Wildman–Crippen MR) is 120 cm³/mol. The summed E-state index contributed by atoms with van der Waals surface area (Å²) < 4.78 is 11.0.